The molecule has 3 nitrogen and oxygen atoms in total. The quantitative estimate of drug-likeness (QED) is 0.773. The fraction of sp³-hybridized carbons (Fsp3) is 0.640. The fourth-order valence-electron chi connectivity index (χ4n) is 7.79. The Hall–Kier alpha value is -1.77. The van der Waals surface area contributed by atoms with Gasteiger partial charge in [-0.25, -0.2) is 0 Å². The molecule has 5 aliphatic carbocycles. The number of benzene rings is 1. The summed E-state index contributed by atoms with van der Waals surface area (Å²) in [6.07, 6.45) is 12.2. The molecule has 1 amide bonds. The summed E-state index contributed by atoms with van der Waals surface area (Å²) in [5, 5.41) is 4.81. The van der Waals surface area contributed by atoms with Crippen LogP contribution in [-0.2, 0) is 17.6 Å². The summed E-state index contributed by atoms with van der Waals surface area (Å²) in [6.45, 7) is 2.16. The second kappa shape index (κ2) is 6.11. The SMILES string of the molecule is Cc1ccc2[nH]c3c(c2c1)CCC(NC(=O)CC12CC4CC(CC(C4)C1)C2)C3. The van der Waals surface area contributed by atoms with E-state index in [2.05, 4.69) is 35.4 Å². The lowest BCUT2D eigenvalue weighted by Crippen LogP contribution is -2.49. The zero-order valence-electron chi connectivity index (χ0n) is 17.0. The topological polar surface area (TPSA) is 44.9 Å². The van der Waals surface area contributed by atoms with E-state index in [0.717, 1.165) is 43.4 Å². The van der Waals surface area contributed by atoms with Crippen molar-refractivity contribution in [1.82, 2.24) is 10.3 Å². The zero-order chi connectivity index (χ0) is 18.9. The number of aromatic nitrogens is 1. The maximum Gasteiger partial charge on any atom is 0.220 e. The number of nitrogens with one attached hydrogen (secondary N) is 2. The van der Waals surface area contributed by atoms with E-state index in [1.54, 1.807) is 0 Å². The number of H-pyrrole nitrogens is 1. The highest BCUT2D eigenvalue weighted by Crippen LogP contribution is 2.61. The van der Waals surface area contributed by atoms with Crippen molar-refractivity contribution in [3.05, 3.63) is 35.0 Å². The van der Waals surface area contributed by atoms with Crippen LogP contribution >= 0.6 is 0 Å². The molecule has 1 aromatic heterocycles. The average molecular weight is 377 g/mol. The highest BCUT2D eigenvalue weighted by atomic mass is 16.1. The Balaban J connectivity index is 1.14. The minimum atomic E-state index is 0.295. The summed E-state index contributed by atoms with van der Waals surface area (Å²) < 4.78 is 0. The van der Waals surface area contributed by atoms with E-state index in [1.165, 1.54) is 66.2 Å². The van der Waals surface area contributed by atoms with Gasteiger partial charge in [-0.05, 0) is 99.2 Å². The van der Waals surface area contributed by atoms with Gasteiger partial charge in [-0.2, -0.15) is 0 Å². The van der Waals surface area contributed by atoms with E-state index in [-0.39, 0.29) is 0 Å². The molecule has 1 unspecified atom stereocenters. The van der Waals surface area contributed by atoms with Gasteiger partial charge in [-0.15, -0.1) is 0 Å². The van der Waals surface area contributed by atoms with Gasteiger partial charge in [-0.1, -0.05) is 11.6 Å². The number of fused-ring (bicyclic) bond motifs is 3. The minimum Gasteiger partial charge on any atom is -0.358 e. The summed E-state index contributed by atoms with van der Waals surface area (Å²) in [4.78, 5) is 16.6. The second-order valence-corrected chi connectivity index (χ2v) is 10.7. The largest absolute Gasteiger partial charge is 0.358 e. The number of carbonyl (C=O) groups is 1. The third-order valence-corrected chi connectivity index (χ3v) is 8.41. The number of hydrogen-bond acceptors (Lipinski definition) is 1. The molecule has 0 spiro atoms. The lowest BCUT2D eigenvalue weighted by atomic mass is 9.49. The molecule has 148 valence electrons. The van der Waals surface area contributed by atoms with Crippen molar-refractivity contribution in [2.45, 2.75) is 77.2 Å². The van der Waals surface area contributed by atoms with Crippen LogP contribution in [0.25, 0.3) is 10.9 Å². The third kappa shape index (κ3) is 2.81. The van der Waals surface area contributed by atoms with Crippen molar-refractivity contribution in [2.24, 2.45) is 23.2 Å². The molecule has 3 heteroatoms. The molecule has 0 radical (unpaired) electrons. The Morgan fingerprint density at radius 1 is 1.14 bits per heavy atom. The molecule has 4 saturated carbocycles. The van der Waals surface area contributed by atoms with Gasteiger partial charge in [0.2, 0.25) is 5.91 Å². The number of hydrogen-bond donors (Lipinski definition) is 2. The Morgan fingerprint density at radius 2 is 1.86 bits per heavy atom. The van der Waals surface area contributed by atoms with Crippen LogP contribution in [0.15, 0.2) is 18.2 Å². The monoisotopic (exact) mass is 376 g/mol. The Kier molecular flexibility index (Phi) is 3.74. The third-order valence-electron chi connectivity index (χ3n) is 8.41. The Morgan fingerprint density at radius 3 is 2.57 bits per heavy atom. The van der Waals surface area contributed by atoms with Gasteiger partial charge in [0, 0.05) is 35.5 Å². The van der Waals surface area contributed by atoms with E-state index >= 15 is 0 Å². The molecule has 0 saturated heterocycles. The highest BCUT2D eigenvalue weighted by Gasteiger charge is 2.51. The Labute approximate surface area is 167 Å². The first-order valence-electron chi connectivity index (χ1n) is 11.4. The number of amides is 1. The fourth-order valence-corrected chi connectivity index (χ4v) is 7.79. The average Bonchev–Trinajstić information content (AvgIpc) is 2.96. The van der Waals surface area contributed by atoms with Crippen molar-refractivity contribution in [3.63, 3.8) is 0 Å². The van der Waals surface area contributed by atoms with Crippen LogP contribution < -0.4 is 5.32 Å². The summed E-state index contributed by atoms with van der Waals surface area (Å²) in [5.74, 6) is 3.09. The molecule has 4 bridgehead atoms. The maximum absolute atomic E-state index is 13.0. The van der Waals surface area contributed by atoms with E-state index < -0.39 is 0 Å². The molecule has 5 aliphatic rings. The molecule has 1 aromatic carbocycles. The minimum absolute atomic E-state index is 0.295. The smallest absolute Gasteiger partial charge is 0.220 e. The van der Waals surface area contributed by atoms with E-state index in [1.807, 2.05) is 0 Å². The molecule has 1 atom stereocenters. The van der Waals surface area contributed by atoms with Crippen LogP contribution in [0.3, 0.4) is 0 Å². The van der Waals surface area contributed by atoms with Crippen molar-refractivity contribution in [1.29, 1.82) is 0 Å². The summed E-state index contributed by atoms with van der Waals surface area (Å²) in [7, 11) is 0. The molecule has 7 rings (SSSR count). The first-order chi connectivity index (χ1) is 13.6. The van der Waals surface area contributed by atoms with Crippen molar-refractivity contribution < 1.29 is 4.79 Å². The van der Waals surface area contributed by atoms with Gasteiger partial charge in [0.25, 0.3) is 0 Å². The summed E-state index contributed by atoms with van der Waals surface area (Å²) in [5.41, 5.74) is 5.73. The normalized spacial score (nSPS) is 35.9. The molecule has 4 fully saturated rings. The predicted molar refractivity (Wildman–Crippen MR) is 112 cm³/mol. The molecule has 2 N–H and O–H groups in total. The highest BCUT2D eigenvalue weighted by molar-refractivity contribution is 5.85. The van der Waals surface area contributed by atoms with Gasteiger partial charge >= 0.3 is 0 Å². The molecule has 2 aromatic rings. The van der Waals surface area contributed by atoms with Crippen LogP contribution in [0.2, 0.25) is 0 Å². The van der Waals surface area contributed by atoms with Crippen LogP contribution in [-0.4, -0.2) is 16.9 Å². The van der Waals surface area contributed by atoms with Crippen LogP contribution in [0.1, 0.15) is 68.2 Å². The van der Waals surface area contributed by atoms with Gasteiger partial charge in [0.05, 0.1) is 0 Å². The number of aryl methyl sites for hydroxylation is 2. The molecular formula is C25H32N2O. The summed E-state index contributed by atoms with van der Waals surface area (Å²) in [6, 6.07) is 6.97. The summed E-state index contributed by atoms with van der Waals surface area (Å²) >= 11 is 0. The maximum atomic E-state index is 13.0. The number of aromatic amines is 1. The molecule has 0 aliphatic heterocycles. The van der Waals surface area contributed by atoms with Crippen molar-refractivity contribution in [3.8, 4) is 0 Å². The van der Waals surface area contributed by atoms with Gasteiger partial charge in [0.1, 0.15) is 0 Å². The lowest BCUT2D eigenvalue weighted by molar-refractivity contribution is -0.130. The van der Waals surface area contributed by atoms with Crippen LogP contribution in [0.5, 0.6) is 0 Å². The van der Waals surface area contributed by atoms with Gasteiger partial charge < -0.3 is 10.3 Å². The molecule has 1 heterocycles. The van der Waals surface area contributed by atoms with Gasteiger partial charge in [0.15, 0.2) is 0 Å². The predicted octanol–water partition coefficient (Wildman–Crippen LogP) is 5.06. The van der Waals surface area contributed by atoms with Crippen LogP contribution in [0, 0.1) is 30.1 Å². The second-order valence-electron chi connectivity index (χ2n) is 10.7. The molecular weight excluding hydrogens is 344 g/mol. The van der Waals surface area contributed by atoms with E-state index in [9.17, 15) is 4.79 Å². The zero-order valence-corrected chi connectivity index (χ0v) is 17.0. The number of carbonyl (C=O) groups excluding carboxylic acids is 1. The molecule has 28 heavy (non-hydrogen) atoms. The van der Waals surface area contributed by atoms with Crippen LogP contribution in [0.4, 0.5) is 0 Å². The van der Waals surface area contributed by atoms with E-state index in [4.69, 9.17) is 0 Å². The Bertz CT molecular complexity index is 904. The lowest BCUT2D eigenvalue weighted by Gasteiger charge is -2.56. The standard InChI is InChI=1S/C25H32N2O/c1-15-2-5-22-21(6-15)20-4-3-19(10-23(20)27-22)26-24(28)14-25-11-16-7-17(12-25)9-18(8-16)13-25/h2,5-6,16-19,27H,3-4,7-14H2,1H3,(H,26,28). The van der Waals surface area contributed by atoms with Crippen molar-refractivity contribution >= 4 is 16.8 Å². The first kappa shape index (κ1) is 17.1. The van der Waals surface area contributed by atoms with Crippen molar-refractivity contribution in [2.75, 3.05) is 0 Å². The van der Waals surface area contributed by atoms with E-state index in [0.29, 0.717) is 17.4 Å². The number of rotatable bonds is 3. The van der Waals surface area contributed by atoms with Gasteiger partial charge in [-0.3, -0.25) is 4.79 Å². The first-order valence-corrected chi connectivity index (χ1v) is 11.4.